The number of nitrogens with zero attached hydrogens (tertiary/aromatic N) is 1. The van der Waals surface area contributed by atoms with E-state index < -0.39 is 0 Å². The zero-order chi connectivity index (χ0) is 15.2. The van der Waals surface area contributed by atoms with Crippen LogP contribution >= 0.6 is 23.2 Å². The summed E-state index contributed by atoms with van der Waals surface area (Å²) < 4.78 is 0. The first-order valence-electron chi connectivity index (χ1n) is 7.21. The van der Waals surface area contributed by atoms with E-state index in [0.717, 1.165) is 30.6 Å². The zero-order valence-electron chi connectivity index (χ0n) is 12.4. The molecule has 1 aromatic carbocycles. The molecule has 4 heteroatoms. The van der Waals surface area contributed by atoms with Crippen molar-refractivity contribution < 1.29 is 0 Å². The molecule has 0 aliphatic carbocycles. The molecule has 0 bridgehead atoms. The van der Waals surface area contributed by atoms with Crippen LogP contribution in [-0.4, -0.2) is 11.5 Å². The van der Waals surface area contributed by atoms with Gasteiger partial charge in [0.25, 0.3) is 0 Å². The maximum atomic E-state index is 6.31. The standard InChI is InChI=1S/C17H20Cl2N2/c1-3-9-21-17(13-6-5-10-20-12(13)2)11-14-15(18)7-4-8-16(14)19/h4-8,10,17,21H,3,9,11H2,1-2H3. The normalized spacial score (nSPS) is 12.4. The minimum Gasteiger partial charge on any atom is -0.310 e. The lowest BCUT2D eigenvalue weighted by Crippen LogP contribution is -2.25. The molecule has 0 fully saturated rings. The highest BCUT2D eigenvalue weighted by Gasteiger charge is 2.17. The molecule has 1 heterocycles. The Balaban J connectivity index is 2.31. The van der Waals surface area contributed by atoms with Crippen LogP contribution in [0.15, 0.2) is 36.5 Å². The van der Waals surface area contributed by atoms with Gasteiger partial charge in [-0.15, -0.1) is 0 Å². The van der Waals surface area contributed by atoms with E-state index in [9.17, 15) is 0 Å². The van der Waals surface area contributed by atoms with Crippen LogP contribution in [0.1, 0.15) is 36.2 Å². The SMILES string of the molecule is CCCNC(Cc1c(Cl)cccc1Cl)c1cccnc1C. The summed E-state index contributed by atoms with van der Waals surface area (Å²) in [6, 6.07) is 9.89. The molecule has 1 N–H and O–H groups in total. The van der Waals surface area contributed by atoms with Crippen molar-refractivity contribution in [2.45, 2.75) is 32.7 Å². The molecule has 1 aromatic heterocycles. The second-order valence-corrected chi connectivity index (χ2v) is 5.90. The molecular weight excluding hydrogens is 303 g/mol. The second kappa shape index (κ2) is 7.79. The Morgan fingerprint density at radius 3 is 2.48 bits per heavy atom. The van der Waals surface area contributed by atoms with Gasteiger partial charge in [0.1, 0.15) is 0 Å². The van der Waals surface area contributed by atoms with Gasteiger partial charge < -0.3 is 5.32 Å². The van der Waals surface area contributed by atoms with Crippen LogP contribution in [0.5, 0.6) is 0 Å². The van der Waals surface area contributed by atoms with Crippen molar-refractivity contribution in [2.75, 3.05) is 6.54 Å². The Hall–Kier alpha value is -1.09. The van der Waals surface area contributed by atoms with Crippen molar-refractivity contribution >= 4 is 23.2 Å². The topological polar surface area (TPSA) is 24.9 Å². The Bertz CT molecular complexity index is 579. The molecule has 0 aliphatic heterocycles. The quantitative estimate of drug-likeness (QED) is 0.811. The molecule has 1 unspecified atom stereocenters. The van der Waals surface area contributed by atoms with Crippen LogP contribution in [0.3, 0.4) is 0 Å². The van der Waals surface area contributed by atoms with Crippen molar-refractivity contribution in [3.8, 4) is 0 Å². The third-order valence-corrected chi connectivity index (χ3v) is 4.24. The predicted octanol–water partition coefficient (Wildman–Crippen LogP) is 4.98. The van der Waals surface area contributed by atoms with Crippen LogP contribution in [0.2, 0.25) is 10.0 Å². The number of halogens is 2. The van der Waals surface area contributed by atoms with Gasteiger partial charge in [-0.25, -0.2) is 0 Å². The zero-order valence-corrected chi connectivity index (χ0v) is 13.9. The van der Waals surface area contributed by atoms with E-state index in [0.29, 0.717) is 10.0 Å². The fourth-order valence-electron chi connectivity index (χ4n) is 2.41. The lowest BCUT2D eigenvalue weighted by Gasteiger charge is -2.21. The number of benzene rings is 1. The highest BCUT2D eigenvalue weighted by molar-refractivity contribution is 6.36. The summed E-state index contributed by atoms with van der Waals surface area (Å²) in [5.41, 5.74) is 3.22. The summed E-state index contributed by atoms with van der Waals surface area (Å²) in [4.78, 5) is 4.39. The number of aromatic nitrogens is 1. The third-order valence-electron chi connectivity index (χ3n) is 3.53. The van der Waals surface area contributed by atoms with E-state index >= 15 is 0 Å². The number of hydrogen-bond donors (Lipinski definition) is 1. The lowest BCUT2D eigenvalue weighted by atomic mass is 9.97. The van der Waals surface area contributed by atoms with Gasteiger partial charge in [-0.05, 0) is 55.6 Å². The summed E-state index contributed by atoms with van der Waals surface area (Å²) in [5, 5.41) is 5.00. The van der Waals surface area contributed by atoms with E-state index in [1.54, 1.807) is 0 Å². The molecule has 0 spiro atoms. The molecule has 2 aromatic rings. The summed E-state index contributed by atoms with van der Waals surface area (Å²) in [7, 11) is 0. The van der Waals surface area contributed by atoms with E-state index in [4.69, 9.17) is 23.2 Å². The third kappa shape index (κ3) is 4.19. The first kappa shape index (κ1) is 16.3. The number of nitrogens with one attached hydrogen (secondary N) is 1. The fraction of sp³-hybridized carbons (Fsp3) is 0.353. The Morgan fingerprint density at radius 2 is 1.86 bits per heavy atom. The minimum absolute atomic E-state index is 0.163. The molecule has 2 nitrogen and oxygen atoms in total. The number of hydrogen-bond acceptors (Lipinski definition) is 2. The Morgan fingerprint density at radius 1 is 1.14 bits per heavy atom. The molecule has 0 saturated carbocycles. The smallest absolute Gasteiger partial charge is 0.0453 e. The van der Waals surface area contributed by atoms with Crippen LogP contribution in [0.25, 0.3) is 0 Å². The van der Waals surface area contributed by atoms with Gasteiger partial charge in [-0.1, -0.05) is 42.3 Å². The van der Waals surface area contributed by atoms with Gasteiger partial charge in [0.2, 0.25) is 0 Å². The monoisotopic (exact) mass is 322 g/mol. The minimum atomic E-state index is 0.163. The first-order valence-corrected chi connectivity index (χ1v) is 7.96. The van der Waals surface area contributed by atoms with Crippen LogP contribution in [0, 0.1) is 6.92 Å². The van der Waals surface area contributed by atoms with Gasteiger partial charge in [-0.2, -0.15) is 0 Å². The number of aryl methyl sites for hydroxylation is 1. The second-order valence-electron chi connectivity index (χ2n) is 5.09. The average Bonchev–Trinajstić information content (AvgIpc) is 2.47. The van der Waals surface area contributed by atoms with Crippen molar-refractivity contribution in [3.63, 3.8) is 0 Å². The summed E-state index contributed by atoms with van der Waals surface area (Å²) >= 11 is 12.6. The van der Waals surface area contributed by atoms with E-state index in [-0.39, 0.29) is 6.04 Å². The predicted molar refractivity (Wildman–Crippen MR) is 90.2 cm³/mol. The van der Waals surface area contributed by atoms with Crippen LogP contribution < -0.4 is 5.32 Å². The lowest BCUT2D eigenvalue weighted by molar-refractivity contribution is 0.525. The molecule has 21 heavy (non-hydrogen) atoms. The van der Waals surface area contributed by atoms with Crippen molar-refractivity contribution in [3.05, 3.63) is 63.4 Å². The first-order chi connectivity index (χ1) is 10.1. The highest BCUT2D eigenvalue weighted by Crippen LogP contribution is 2.30. The molecule has 0 aliphatic rings. The fourth-order valence-corrected chi connectivity index (χ4v) is 2.96. The summed E-state index contributed by atoms with van der Waals surface area (Å²) in [6.07, 6.45) is 3.65. The van der Waals surface area contributed by atoms with Gasteiger partial charge in [0.05, 0.1) is 0 Å². The highest BCUT2D eigenvalue weighted by atomic mass is 35.5. The van der Waals surface area contributed by atoms with E-state index in [1.165, 1.54) is 5.56 Å². The van der Waals surface area contributed by atoms with Gasteiger partial charge in [0.15, 0.2) is 0 Å². The van der Waals surface area contributed by atoms with Crippen LogP contribution in [0.4, 0.5) is 0 Å². The Labute approximate surface area is 136 Å². The van der Waals surface area contributed by atoms with Crippen molar-refractivity contribution in [1.29, 1.82) is 0 Å². The molecule has 0 amide bonds. The van der Waals surface area contributed by atoms with Crippen molar-refractivity contribution in [1.82, 2.24) is 10.3 Å². The van der Waals surface area contributed by atoms with Gasteiger partial charge in [-0.3, -0.25) is 4.98 Å². The summed E-state index contributed by atoms with van der Waals surface area (Å²) in [5.74, 6) is 0. The van der Waals surface area contributed by atoms with Crippen LogP contribution in [-0.2, 0) is 6.42 Å². The largest absolute Gasteiger partial charge is 0.310 e. The molecule has 0 saturated heterocycles. The maximum Gasteiger partial charge on any atom is 0.0453 e. The molecule has 1 atom stereocenters. The van der Waals surface area contributed by atoms with Crippen molar-refractivity contribution in [2.24, 2.45) is 0 Å². The van der Waals surface area contributed by atoms with E-state index in [1.807, 2.05) is 37.4 Å². The number of rotatable bonds is 6. The average molecular weight is 323 g/mol. The molecule has 0 radical (unpaired) electrons. The maximum absolute atomic E-state index is 6.31. The van der Waals surface area contributed by atoms with E-state index in [2.05, 4.69) is 23.3 Å². The number of pyridine rings is 1. The van der Waals surface area contributed by atoms with Gasteiger partial charge >= 0.3 is 0 Å². The molecule has 2 rings (SSSR count). The van der Waals surface area contributed by atoms with Gasteiger partial charge in [0, 0.05) is 28.0 Å². The molecule has 112 valence electrons. The summed E-state index contributed by atoms with van der Waals surface area (Å²) in [6.45, 7) is 5.13. The molecular formula is C17H20Cl2N2. The Kier molecular flexibility index (Phi) is 6.04.